The number of nitrogens with zero attached hydrogens (tertiary/aromatic N) is 6. The second-order valence-electron chi connectivity index (χ2n) is 8.18. The number of aryl methyl sites for hydroxylation is 1. The second-order valence-corrected chi connectivity index (χ2v) is 8.18. The van der Waals surface area contributed by atoms with Crippen LogP contribution in [-0.2, 0) is 4.79 Å². The summed E-state index contributed by atoms with van der Waals surface area (Å²) in [5, 5.41) is 4.29. The monoisotopic (exact) mass is 439 g/mol. The molecule has 0 aliphatic carbocycles. The molecule has 166 valence electrons. The summed E-state index contributed by atoms with van der Waals surface area (Å²) >= 11 is 0. The minimum Gasteiger partial charge on any atom is -0.369 e. The molecule has 1 atom stereocenters. The fraction of sp³-hybridized carbons (Fsp3) is 0.280. The van der Waals surface area contributed by atoms with E-state index >= 15 is 0 Å². The summed E-state index contributed by atoms with van der Waals surface area (Å²) in [7, 11) is 0. The molecule has 8 nitrogen and oxygen atoms in total. The first-order chi connectivity index (χ1) is 16.2. The van der Waals surface area contributed by atoms with Crippen molar-refractivity contribution in [1.82, 2.24) is 29.8 Å². The average molecular weight is 440 g/mol. The van der Waals surface area contributed by atoms with Crippen LogP contribution in [0.25, 0.3) is 22.4 Å². The van der Waals surface area contributed by atoms with Crippen LogP contribution >= 0.6 is 0 Å². The fourth-order valence-corrected chi connectivity index (χ4v) is 4.29. The molecule has 1 aromatic carbocycles. The van der Waals surface area contributed by atoms with E-state index in [0.717, 1.165) is 53.1 Å². The van der Waals surface area contributed by atoms with Crippen molar-refractivity contribution in [3.8, 4) is 11.5 Å². The summed E-state index contributed by atoms with van der Waals surface area (Å²) in [6.45, 7) is 3.28. The highest BCUT2D eigenvalue weighted by molar-refractivity contribution is 5.89. The zero-order chi connectivity index (χ0) is 22.6. The Morgan fingerprint density at radius 1 is 1.09 bits per heavy atom. The van der Waals surface area contributed by atoms with Crippen LogP contribution in [0, 0.1) is 6.92 Å². The molecule has 1 saturated heterocycles. The van der Waals surface area contributed by atoms with Crippen molar-refractivity contribution in [3.05, 3.63) is 72.4 Å². The third-order valence-corrected chi connectivity index (χ3v) is 5.91. The number of anilines is 1. The number of nitrogens with one attached hydrogen (secondary N) is 1. The highest BCUT2D eigenvalue weighted by Crippen LogP contribution is 2.32. The number of rotatable bonds is 6. The third kappa shape index (κ3) is 4.50. The zero-order valence-corrected chi connectivity index (χ0v) is 18.5. The van der Waals surface area contributed by atoms with Crippen LogP contribution in [-0.4, -0.2) is 48.8 Å². The lowest BCUT2D eigenvalue weighted by Crippen LogP contribution is -2.32. The van der Waals surface area contributed by atoms with Gasteiger partial charge in [-0.05, 0) is 50.1 Å². The van der Waals surface area contributed by atoms with Crippen molar-refractivity contribution in [3.63, 3.8) is 0 Å². The Balaban J connectivity index is 1.26. The maximum Gasteiger partial charge on any atom is 0.224 e. The van der Waals surface area contributed by atoms with Crippen LogP contribution in [0.5, 0.6) is 0 Å². The van der Waals surface area contributed by atoms with Crippen LogP contribution in [0.4, 0.5) is 5.82 Å². The summed E-state index contributed by atoms with van der Waals surface area (Å²) < 4.78 is 0. The van der Waals surface area contributed by atoms with Gasteiger partial charge in [-0.25, -0.2) is 19.9 Å². The van der Waals surface area contributed by atoms with Gasteiger partial charge in [0, 0.05) is 37.3 Å². The van der Waals surface area contributed by atoms with Gasteiger partial charge in [-0.1, -0.05) is 17.7 Å². The Labute approximate surface area is 192 Å². The SMILES string of the molecule is Cc1ccc2ncnc(NCCC(=O)N3CCCC3c3ccnc(-c4ccccn4)n3)c2c1. The molecule has 33 heavy (non-hydrogen) atoms. The molecule has 1 amide bonds. The lowest BCUT2D eigenvalue weighted by atomic mass is 10.1. The molecule has 5 rings (SSSR count). The molecular weight excluding hydrogens is 414 g/mol. The molecule has 1 aliphatic heterocycles. The van der Waals surface area contributed by atoms with E-state index in [4.69, 9.17) is 4.98 Å². The fourth-order valence-electron chi connectivity index (χ4n) is 4.29. The first-order valence-corrected chi connectivity index (χ1v) is 11.2. The van der Waals surface area contributed by atoms with Gasteiger partial charge < -0.3 is 10.2 Å². The standard InChI is InChI=1S/C25H25N7O/c1-17-7-8-19-18(15-17)24(30-16-29-19)27-13-10-23(33)32-14-4-6-22(32)20-9-12-28-25(31-20)21-5-2-3-11-26-21/h2-3,5,7-9,11-12,15-16,22H,4,6,10,13-14H2,1H3,(H,27,29,30). The first-order valence-electron chi connectivity index (χ1n) is 11.2. The van der Waals surface area contributed by atoms with E-state index in [0.29, 0.717) is 18.8 Å². The highest BCUT2D eigenvalue weighted by atomic mass is 16.2. The number of aromatic nitrogens is 5. The van der Waals surface area contributed by atoms with Crippen LogP contribution < -0.4 is 5.32 Å². The lowest BCUT2D eigenvalue weighted by molar-refractivity contribution is -0.131. The smallest absolute Gasteiger partial charge is 0.224 e. The molecular formula is C25H25N7O. The maximum absolute atomic E-state index is 13.1. The first kappa shape index (κ1) is 20.9. The Morgan fingerprint density at radius 2 is 2.03 bits per heavy atom. The molecule has 1 fully saturated rings. The van der Waals surface area contributed by atoms with Gasteiger partial charge >= 0.3 is 0 Å². The van der Waals surface area contributed by atoms with Gasteiger partial charge in [0.05, 0.1) is 17.3 Å². The molecule has 4 aromatic rings. The van der Waals surface area contributed by atoms with Gasteiger partial charge in [0.15, 0.2) is 5.82 Å². The summed E-state index contributed by atoms with van der Waals surface area (Å²) in [5.74, 6) is 1.45. The molecule has 0 bridgehead atoms. The topological polar surface area (TPSA) is 96.8 Å². The number of carbonyl (C=O) groups is 1. The number of carbonyl (C=O) groups excluding carboxylic acids is 1. The van der Waals surface area contributed by atoms with Crippen molar-refractivity contribution in [2.24, 2.45) is 0 Å². The van der Waals surface area contributed by atoms with Gasteiger partial charge in [0.25, 0.3) is 0 Å². The van der Waals surface area contributed by atoms with Gasteiger partial charge in [-0.15, -0.1) is 0 Å². The number of amides is 1. The van der Waals surface area contributed by atoms with E-state index in [-0.39, 0.29) is 11.9 Å². The summed E-state index contributed by atoms with van der Waals surface area (Å²) in [6, 6.07) is 13.6. The van der Waals surface area contributed by atoms with E-state index < -0.39 is 0 Å². The minimum atomic E-state index is -0.0366. The molecule has 8 heteroatoms. The van der Waals surface area contributed by atoms with Crippen LogP contribution in [0.1, 0.15) is 36.6 Å². The Hall–Kier alpha value is -3.94. The lowest BCUT2D eigenvalue weighted by Gasteiger charge is -2.24. The number of hydrogen-bond donors (Lipinski definition) is 1. The largest absolute Gasteiger partial charge is 0.369 e. The van der Waals surface area contributed by atoms with Crippen molar-refractivity contribution in [2.45, 2.75) is 32.2 Å². The van der Waals surface area contributed by atoms with E-state index in [1.54, 1.807) is 18.7 Å². The normalized spacial score (nSPS) is 15.7. The molecule has 0 spiro atoms. The van der Waals surface area contributed by atoms with Crippen molar-refractivity contribution >= 4 is 22.6 Å². The highest BCUT2D eigenvalue weighted by Gasteiger charge is 2.31. The van der Waals surface area contributed by atoms with E-state index in [1.165, 1.54) is 0 Å². The third-order valence-electron chi connectivity index (χ3n) is 5.91. The van der Waals surface area contributed by atoms with Crippen molar-refractivity contribution < 1.29 is 4.79 Å². The molecule has 0 saturated carbocycles. The summed E-state index contributed by atoms with van der Waals surface area (Å²) in [5.41, 5.74) is 3.62. The second kappa shape index (κ2) is 9.28. The molecule has 3 aromatic heterocycles. The molecule has 1 aliphatic rings. The minimum absolute atomic E-state index is 0.0366. The van der Waals surface area contributed by atoms with Gasteiger partial charge in [0.2, 0.25) is 5.91 Å². The Morgan fingerprint density at radius 3 is 2.91 bits per heavy atom. The van der Waals surface area contributed by atoms with Crippen molar-refractivity contribution in [2.75, 3.05) is 18.4 Å². The summed E-state index contributed by atoms with van der Waals surface area (Å²) in [6.07, 6.45) is 7.26. The number of fused-ring (bicyclic) bond motifs is 1. The predicted molar refractivity (Wildman–Crippen MR) is 126 cm³/mol. The molecule has 1 unspecified atom stereocenters. The predicted octanol–water partition coefficient (Wildman–Crippen LogP) is 3.96. The number of hydrogen-bond acceptors (Lipinski definition) is 7. The van der Waals surface area contributed by atoms with Crippen LogP contribution in [0.3, 0.4) is 0 Å². The number of benzene rings is 1. The van der Waals surface area contributed by atoms with Gasteiger partial charge in [-0.2, -0.15) is 0 Å². The zero-order valence-electron chi connectivity index (χ0n) is 18.5. The summed E-state index contributed by atoms with van der Waals surface area (Å²) in [4.78, 5) is 37.2. The Bertz CT molecular complexity index is 1280. The molecule has 0 radical (unpaired) electrons. The molecule has 1 N–H and O–H groups in total. The van der Waals surface area contributed by atoms with E-state index in [1.807, 2.05) is 48.2 Å². The van der Waals surface area contributed by atoms with E-state index in [2.05, 4.69) is 31.3 Å². The maximum atomic E-state index is 13.1. The van der Waals surface area contributed by atoms with Gasteiger partial charge in [0.1, 0.15) is 17.8 Å². The average Bonchev–Trinajstić information content (AvgIpc) is 3.35. The number of pyridine rings is 1. The Kier molecular flexibility index (Phi) is 5.89. The van der Waals surface area contributed by atoms with Crippen LogP contribution in [0.2, 0.25) is 0 Å². The van der Waals surface area contributed by atoms with Crippen LogP contribution in [0.15, 0.2) is 61.2 Å². The quantitative estimate of drug-likeness (QED) is 0.486. The van der Waals surface area contributed by atoms with Gasteiger partial charge in [-0.3, -0.25) is 9.78 Å². The van der Waals surface area contributed by atoms with Crippen molar-refractivity contribution in [1.29, 1.82) is 0 Å². The number of likely N-dealkylation sites (tertiary alicyclic amines) is 1. The van der Waals surface area contributed by atoms with E-state index in [9.17, 15) is 4.79 Å². The molecule has 4 heterocycles.